The van der Waals surface area contributed by atoms with Crippen molar-refractivity contribution in [2.45, 2.75) is 23.7 Å². The molecule has 2 N–H and O–H groups in total. The zero-order chi connectivity index (χ0) is 14.6. The quantitative estimate of drug-likeness (QED) is 0.724. The third-order valence-electron chi connectivity index (χ3n) is 2.66. The summed E-state index contributed by atoms with van der Waals surface area (Å²) in [5.74, 6) is 0.259. The zero-order valence-corrected chi connectivity index (χ0v) is 13.4. The molecule has 20 heavy (non-hydrogen) atoms. The Kier molecular flexibility index (Phi) is 5.22. The van der Waals surface area contributed by atoms with Gasteiger partial charge in [-0.25, -0.2) is 8.42 Å². The van der Waals surface area contributed by atoms with E-state index < -0.39 is 9.84 Å². The second kappa shape index (κ2) is 6.72. The molecule has 112 valence electrons. The molecule has 10 heteroatoms. The van der Waals surface area contributed by atoms with Gasteiger partial charge in [-0.2, -0.15) is 0 Å². The van der Waals surface area contributed by atoms with Crippen LogP contribution in [0.4, 0.5) is 5.13 Å². The number of nitrogens with one attached hydrogen (secondary N) is 2. The molecule has 2 heterocycles. The predicted molar refractivity (Wildman–Crippen MR) is 80.0 cm³/mol. The van der Waals surface area contributed by atoms with Crippen LogP contribution in [-0.2, 0) is 14.6 Å². The van der Waals surface area contributed by atoms with Crippen molar-refractivity contribution in [1.29, 1.82) is 0 Å². The summed E-state index contributed by atoms with van der Waals surface area (Å²) in [6.45, 7) is 2.74. The Bertz CT molecular complexity index is 572. The Hall–Kier alpha value is -0.870. The Morgan fingerprint density at radius 1 is 1.50 bits per heavy atom. The van der Waals surface area contributed by atoms with E-state index in [0.29, 0.717) is 6.42 Å². The molecule has 1 fully saturated rings. The second-order valence-corrected chi connectivity index (χ2v) is 8.79. The van der Waals surface area contributed by atoms with E-state index in [9.17, 15) is 13.2 Å². The van der Waals surface area contributed by atoms with Gasteiger partial charge < -0.3 is 10.6 Å². The van der Waals surface area contributed by atoms with E-state index in [-0.39, 0.29) is 29.2 Å². The standard InChI is InChI=1S/C10H16N4O3S3/c1-2-11-9-13-14-10(19-9)18-5-8(15)12-7-3-4-20(16,17)6-7/h7H,2-6H2,1H3,(H,11,13)(H,12,15). The lowest BCUT2D eigenvalue weighted by Crippen LogP contribution is -2.36. The van der Waals surface area contributed by atoms with Gasteiger partial charge >= 0.3 is 0 Å². The van der Waals surface area contributed by atoms with Crippen LogP contribution >= 0.6 is 23.1 Å². The largest absolute Gasteiger partial charge is 0.360 e. The number of anilines is 1. The number of nitrogens with zero attached hydrogens (tertiary/aromatic N) is 2. The van der Waals surface area contributed by atoms with Crippen LogP contribution in [-0.4, -0.2) is 54.4 Å². The highest BCUT2D eigenvalue weighted by atomic mass is 32.2. The molecule has 0 radical (unpaired) electrons. The first kappa shape index (κ1) is 15.5. The molecule has 1 amide bonds. The Labute approximate surface area is 125 Å². The number of thioether (sulfide) groups is 1. The third kappa shape index (κ3) is 4.60. The highest BCUT2D eigenvalue weighted by Gasteiger charge is 2.28. The first-order valence-electron chi connectivity index (χ1n) is 6.18. The van der Waals surface area contributed by atoms with Crippen molar-refractivity contribution >= 4 is 44.0 Å². The average molecular weight is 336 g/mol. The molecule has 1 aromatic heterocycles. The maximum Gasteiger partial charge on any atom is 0.230 e. The minimum Gasteiger partial charge on any atom is -0.360 e. The summed E-state index contributed by atoms with van der Waals surface area (Å²) >= 11 is 2.70. The number of carbonyl (C=O) groups excluding carboxylic acids is 1. The molecule has 1 saturated heterocycles. The van der Waals surface area contributed by atoms with E-state index >= 15 is 0 Å². The normalized spacial score (nSPS) is 20.8. The van der Waals surface area contributed by atoms with E-state index in [1.165, 1.54) is 23.1 Å². The van der Waals surface area contributed by atoms with Gasteiger partial charge in [0.15, 0.2) is 14.2 Å². The number of hydrogen-bond donors (Lipinski definition) is 2. The summed E-state index contributed by atoms with van der Waals surface area (Å²) < 4.78 is 23.3. The molecule has 1 unspecified atom stereocenters. The summed E-state index contributed by atoms with van der Waals surface area (Å²) in [6, 6.07) is -0.250. The van der Waals surface area contributed by atoms with E-state index in [4.69, 9.17) is 0 Å². The topological polar surface area (TPSA) is 101 Å². The van der Waals surface area contributed by atoms with E-state index in [0.717, 1.165) is 16.0 Å². The van der Waals surface area contributed by atoms with Crippen molar-refractivity contribution in [2.75, 3.05) is 29.1 Å². The van der Waals surface area contributed by atoms with Crippen LogP contribution in [0.3, 0.4) is 0 Å². The number of carbonyl (C=O) groups is 1. The molecule has 0 aromatic carbocycles. The molecular formula is C10H16N4O3S3. The summed E-state index contributed by atoms with van der Waals surface area (Å²) in [5, 5.41) is 14.4. The van der Waals surface area contributed by atoms with Gasteiger partial charge in [-0.1, -0.05) is 23.1 Å². The maximum absolute atomic E-state index is 11.7. The lowest BCUT2D eigenvalue weighted by molar-refractivity contribution is -0.119. The molecule has 0 aliphatic carbocycles. The molecule has 0 spiro atoms. The first-order chi connectivity index (χ1) is 9.48. The summed E-state index contributed by atoms with van der Waals surface area (Å²) in [4.78, 5) is 11.7. The zero-order valence-electron chi connectivity index (χ0n) is 11.0. The molecule has 1 atom stereocenters. The van der Waals surface area contributed by atoms with E-state index in [1.807, 2.05) is 6.92 Å². The van der Waals surface area contributed by atoms with E-state index in [1.54, 1.807) is 0 Å². The molecule has 1 aromatic rings. The number of hydrogen-bond acceptors (Lipinski definition) is 8. The summed E-state index contributed by atoms with van der Waals surface area (Å²) in [6.07, 6.45) is 0.502. The summed E-state index contributed by atoms with van der Waals surface area (Å²) in [7, 11) is -2.96. The van der Waals surface area contributed by atoms with Gasteiger partial charge in [0, 0.05) is 12.6 Å². The third-order valence-corrected chi connectivity index (χ3v) is 6.44. The minimum atomic E-state index is -2.96. The van der Waals surface area contributed by atoms with Gasteiger partial charge in [0.05, 0.1) is 17.3 Å². The van der Waals surface area contributed by atoms with Crippen molar-refractivity contribution in [2.24, 2.45) is 0 Å². The van der Waals surface area contributed by atoms with Crippen LogP contribution in [0.5, 0.6) is 0 Å². The average Bonchev–Trinajstić information content (AvgIpc) is 2.94. The molecule has 1 aliphatic heterocycles. The number of sulfone groups is 1. The fourth-order valence-corrected chi connectivity index (χ4v) is 5.10. The van der Waals surface area contributed by atoms with Crippen molar-refractivity contribution < 1.29 is 13.2 Å². The maximum atomic E-state index is 11.7. The SMILES string of the molecule is CCNc1nnc(SCC(=O)NC2CCS(=O)(=O)C2)s1. The molecule has 2 rings (SSSR count). The minimum absolute atomic E-state index is 0.0484. The van der Waals surface area contributed by atoms with Gasteiger partial charge in [0.1, 0.15) is 0 Å². The number of amides is 1. The first-order valence-corrected chi connectivity index (χ1v) is 9.81. The van der Waals surface area contributed by atoms with E-state index in [2.05, 4.69) is 20.8 Å². The summed E-state index contributed by atoms with van der Waals surface area (Å²) in [5.41, 5.74) is 0. The van der Waals surface area contributed by atoms with Crippen molar-refractivity contribution in [3.63, 3.8) is 0 Å². The monoisotopic (exact) mass is 336 g/mol. The van der Waals surface area contributed by atoms with Crippen LogP contribution in [0.1, 0.15) is 13.3 Å². The van der Waals surface area contributed by atoms with Crippen LogP contribution < -0.4 is 10.6 Å². The number of aromatic nitrogens is 2. The Morgan fingerprint density at radius 2 is 2.30 bits per heavy atom. The molecule has 0 bridgehead atoms. The van der Waals surface area contributed by atoms with Crippen molar-refractivity contribution in [3.8, 4) is 0 Å². The smallest absolute Gasteiger partial charge is 0.230 e. The van der Waals surface area contributed by atoms with Crippen molar-refractivity contribution in [3.05, 3.63) is 0 Å². The predicted octanol–water partition coefficient (Wildman–Crippen LogP) is 0.365. The van der Waals surface area contributed by atoms with Crippen molar-refractivity contribution in [1.82, 2.24) is 15.5 Å². The van der Waals surface area contributed by atoms with Crippen LogP contribution in [0.2, 0.25) is 0 Å². The van der Waals surface area contributed by atoms with Crippen LogP contribution in [0.15, 0.2) is 4.34 Å². The van der Waals surface area contributed by atoms with Gasteiger partial charge in [-0.15, -0.1) is 10.2 Å². The highest BCUT2D eigenvalue weighted by Crippen LogP contribution is 2.25. The lowest BCUT2D eigenvalue weighted by Gasteiger charge is -2.09. The van der Waals surface area contributed by atoms with Gasteiger partial charge in [0.25, 0.3) is 0 Å². The highest BCUT2D eigenvalue weighted by molar-refractivity contribution is 8.01. The van der Waals surface area contributed by atoms with Gasteiger partial charge in [-0.3, -0.25) is 4.79 Å². The number of rotatable bonds is 6. The van der Waals surface area contributed by atoms with Crippen LogP contribution in [0.25, 0.3) is 0 Å². The molecule has 7 nitrogen and oxygen atoms in total. The second-order valence-electron chi connectivity index (χ2n) is 4.36. The van der Waals surface area contributed by atoms with Gasteiger partial charge in [-0.05, 0) is 13.3 Å². The molecular weight excluding hydrogens is 320 g/mol. The van der Waals surface area contributed by atoms with Crippen LogP contribution in [0, 0.1) is 0 Å². The Balaban J connectivity index is 1.74. The molecule has 1 aliphatic rings. The molecule has 0 saturated carbocycles. The fourth-order valence-electron chi connectivity index (χ4n) is 1.80. The lowest BCUT2D eigenvalue weighted by atomic mass is 10.3. The Morgan fingerprint density at radius 3 is 2.95 bits per heavy atom. The van der Waals surface area contributed by atoms with Gasteiger partial charge in [0.2, 0.25) is 11.0 Å². The fraction of sp³-hybridized carbons (Fsp3) is 0.700.